The standard InChI is InChI=1S/C14H20O3S/c1-3-11(2)10-18-8-7-17-13-6-4-5-12(9-13)14(15)16/h4-6,9,11H,3,7-8,10H2,1-2H3,(H,15,16). The lowest BCUT2D eigenvalue weighted by atomic mass is 10.2. The predicted molar refractivity (Wildman–Crippen MR) is 75.7 cm³/mol. The maximum atomic E-state index is 10.8. The second-order valence-corrected chi connectivity index (χ2v) is 5.42. The van der Waals surface area contributed by atoms with Gasteiger partial charge < -0.3 is 9.84 Å². The maximum absolute atomic E-state index is 10.8. The minimum Gasteiger partial charge on any atom is -0.493 e. The molecule has 0 fully saturated rings. The molecule has 0 aliphatic carbocycles. The molecule has 1 aromatic rings. The number of benzene rings is 1. The minimum atomic E-state index is -0.924. The maximum Gasteiger partial charge on any atom is 0.335 e. The van der Waals surface area contributed by atoms with Gasteiger partial charge in [-0.25, -0.2) is 4.79 Å². The SMILES string of the molecule is CCC(C)CSCCOc1cccc(C(=O)O)c1. The molecular weight excluding hydrogens is 248 g/mol. The van der Waals surface area contributed by atoms with E-state index in [-0.39, 0.29) is 5.56 Å². The van der Waals surface area contributed by atoms with E-state index < -0.39 is 5.97 Å². The molecule has 1 N–H and O–H groups in total. The van der Waals surface area contributed by atoms with Gasteiger partial charge in [-0.15, -0.1) is 0 Å². The van der Waals surface area contributed by atoms with Crippen LogP contribution in [-0.2, 0) is 0 Å². The molecule has 1 aromatic carbocycles. The molecule has 100 valence electrons. The van der Waals surface area contributed by atoms with Crippen LogP contribution in [-0.4, -0.2) is 29.2 Å². The van der Waals surface area contributed by atoms with Crippen molar-refractivity contribution in [1.29, 1.82) is 0 Å². The number of carbonyl (C=O) groups is 1. The fourth-order valence-corrected chi connectivity index (χ4v) is 2.35. The Labute approximate surface area is 113 Å². The lowest BCUT2D eigenvalue weighted by Crippen LogP contribution is -2.04. The summed E-state index contributed by atoms with van der Waals surface area (Å²) in [6.45, 7) is 5.05. The molecule has 0 aromatic heterocycles. The van der Waals surface area contributed by atoms with Gasteiger partial charge in [-0.3, -0.25) is 0 Å². The van der Waals surface area contributed by atoms with Crippen LogP contribution in [0.2, 0.25) is 0 Å². The number of thioether (sulfide) groups is 1. The fraction of sp³-hybridized carbons (Fsp3) is 0.500. The molecule has 3 nitrogen and oxygen atoms in total. The van der Waals surface area contributed by atoms with Gasteiger partial charge in [-0.2, -0.15) is 11.8 Å². The third-order valence-corrected chi connectivity index (χ3v) is 3.94. The number of hydrogen-bond acceptors (Lipinski definition) is 3. The van der Waals surface area contributed by atoms with Crippen molar-refractivity contribution in [3.8, 4) is 5.75 Å². The first kappa shape index (κ1) is 14.9. The highest BCUT2D eigenvalue weighted by molar-refractivity contribution is 7.99. The second-order valence-electron chi connectivity index (χ2n) is 4.27. The number of rotatable bonds is 8. The largest absolute Gasteiger partial charge is 0.493 e. The third-order valence-electron chi connectivity index (χ3n) is 2.68. The first-order valence-electron chi connectivity index (χ1n) is 6.17. The summed E-state index contributed by atoms with van der Waals surface area (Å²) in [5.74, 6) is 2.52. The number of hydrogen-bond donors (Lipinski definition) is 1. The summed E-state index contributed by atoms with van der Waals surface area (Å²) in [5.41, 5.74) is 0.264. The number of carboxylic acid groups (broad SMARTS) is 1. The van der Waals surface area contributed by atoms with Crippen molar-refractivity contribution in [2.24, 2.45) is 5.92 Å². The molecule has 18 heavy (non-hydrogen) atoms. The molecule has 0 saturated carbocycles. The van der Waals surface area contributed by atoms with Crippen molar-refractivity contribution in [3.05, 3.63) is 29.8 Å². The zero-order valence-corrected chi connectivity index (χ0v) is 11.7. The van der Waals surface area contributed by atoms with E-state index in [1.165, 1.54) is 6.42 Å². The summed E-state index contributed by atoms with van der Waals surface area (Å²) < 4.78 is 5.53. The molecule has 0 aliphatic heterocycles. The first-order valence-corrected chi connectivity index (χ1v) is 7.32. The molecule has 0 saturated heterocycles. The van der Waals surface area contributed by atoms with Crippen LogP contribution < -0.4 is 4.74 Å². The molecule has 4 heteroatoms. The van der Waals surface area contributed by atoms with E-state index in [0.29, 0.717) is 12.4 Å². The number of aromatic carboxylic acids is 1. The van der Waals surface area contributed by atoms with E-state index in [9.17, 15) is 4.79 Å². The predicted octanol–water partition coefficient (Wildman–Crippen LogP) is 3.54. The normalized spacial score (nSPS) is 12.1. The molecule has 0 bridgehead atoms. The summed E-state index contributed by atoms with van der Waals surface area (Å²) in [7, 11) is 0. The summed E-state index contributed by atoms with van der Waals surface area (Å²) in [6, 6.07) is 6.60. The first-order chi connectivity index (χ1) is 8.63. The minimum absolute atomic E-state index is 0.264. The average Bonchev–Trinajstić information content (AvgIpc) is 2.38. The Hall–Kier alpha value is -1.16. The molecular formula is C14H20O3S. The van der Waals surface area contributed by atoms with E-state index >= 15 is 0 Å². The molecule has 1 atom stereocenters. The molecule has 0 amide bonds. The quantitative estimate of drug-likeness (QED) is 0.732. The van der Waals surface area contributed by atoms with E-state index in [1.54, 1.807) is 24.3 Å². The Morgan fingerprint density at radius 2 is 2.28 bits per heavy atom. The molecule has 0 radical (unpaired) electrons. The Bertz CT molecular complexity index is 379. The smallest absolute Gasteiger partial charge is 0.335 e. The summed E-state index contributed by atoms with van der Waals surface area (Å²) >= 11 is 1.87. The van der Waals surface area contributed by atoms with Crippen LogP contribution in [0.15, 0.2) is 24.3 Å². The van der Waals surface area contributed by atoms with E-state index in [1.807, 2.05) is 11.8 Å². The Morgan fingerprint density at radius 1 is 1.50 bits per heavy atom. The van der Waals surface area contributed by atoms with Gasteiger partial charge in [0.05, 0.1) is 12.2 Å². The van der Waals surface area contributed by atoms with Crippen molar-refractivity contribution in [1.82, 2.24) is 0 Å². The van der Waals surface area contributed by atoms with E-state index in [2.05, 4.69) is 13.8 Å². The van der Waals surface area contributed by atoms with Gasteiger partial charge in [0, 0.05) is 5.75 Å². The molecule has 1 unspecified atom stereocenters. The molecule has 0 heterocycles. The average molecular weight is 268 g/mol. The summed E-state index contributed by atoms with van der Waals surface area (Å²) in [4.78, 5) is 10.8. The highest BCUT2D eigenvalue weighted by atomic mass is 32.2. The van der Waals surface area contributed by atoms with Gasteiger partial charge in [-0.1, -0.05) is 26.3 Å². The van der Waals surface area contributed by atoms with Gasteiger partial charge in [0.25, 0.3) is 0 Å². The Kier molecular flexibility index (Phi) is 6.65. The Morgan fingerprint density at radius 3 is 2.94 bits per heavy atom. The zero-order valence-electron chi connectivity index (χ0n) is 10.9. The van der Waals surface area contributed by atoms with Crippen LogP contribution in [0, 0.1) is 5.92 Å². The number of ether oxygens (including phenoxy) is 1. The number of carboxylic acids is 1. The van der Waals surface area contributed by atoms with Crippen LogP contribution in [0.3, 0.4) is 0 Å². The van der Waals surface area contributed by atoms with E-state index in [0.717, 1.165) is 17.4 Å². The van der Waals surface area contributed by atoms with E-state index in [4.69, 9.17) is 9.84 Å². The van der Waals surface area contributed by atoms with Crippen molar-refractivity contribution < 1.29 is 14.6 Å². The Balaban J connectivity index is 2.27. The van der Waals surface area contributed by atoms with Crippen LogP contribution in [0.1, 0.15) is 30.6 Å². The van der Waals surface area contributed by atoms with Crippen molar-refractivity contribution in [2.75, 3.05) is 18.1 Å². The van der Waals surface area contributed by atoms with Crippen molar-refractivity contribution in [3.63, 3.8) is 0 Å². The molecule has 0 aliphatic rings. The van der Waals surface area contributed by atoms with Crippen LogP contribution in [0.5, 0.6) is 5.75 Å². The molecule has 0 spiro atoms. The van der Waals surface area contributed by atoms with Crippen molar-refractivity contribution in [2.45, 2.75) is 20.3 Å². The van der Waals surface area contributed by atoms with Gasteiger partial charge in [-0.05, 0) is 29.9 Å². The fourth-order valence-electron chi connectivity index (χ4n) is 1.34. The van der Waals surface area contributed by atoms with Gasteiger partial charge in [0.1, 0.15) is 5.75 Å². The summed E-state index contributed by atoms with van der Waals surface area (Å²) in [6.07, 6.45) is 1.20. The third kappa shape index (κ3) is 5.45. The lowest BCUT2D eigenvalue weighted by molar-refractivity contribution is 0.0696. The van der Waals surface area contributed by atoms with Gasteiger partial charge in [0.2, 0.25) is 0 Å². The van der Waals surface area contributed by atoms with Crippen molar-refractivity contribution >= 4 is 17.7 Å². The van der Waals surface area contributed by atoms with Crippen LogP contribution >= 0.6 is 11.8 Å². The lowest BCUT2D eigenvalue weighted by Gasteiger charge is -2.09. The monoisotopic (exact) mass is 268 g/mol. The summed E-state index contributed by atoms with van der Waals surface area (Å²) in [5, 5.41) is 8.85. The van der Waals surface area contributed by atoms with Crippen LogP contribution in [0.4, 0.5) is 0 Å². The van der Waals surface area contributed by atoms with Gasteiger partial charge >= 0.3 is 5.97 Å². The zero-order chi connectivity index (χ0) is 13.4. The van der Waals surface area contributed by atoms with Crippen LogP contribution in [0.25, 0.3) is 0 Å². The van der Waals surface area contributed by atoms with Gasteiger partial charge in [0.15, 0.2) is 0 Å². The second kappa shape index (κ2) is 8.03. The topological polar surface area (TPSA) is 46.5 Å². The highest BCUT2D eigenvalue weighted by Crippen LogP contribution is 2.15. The molecule has 1 rings (SSSR count). The highest BCUT2D eigenvalue weighted by Gasteiger charge is 2.04.